The number of aromatic nitrogens is 2. The van der Waals surface area contributed by atoms with E-state index in [0.29, 0.717) is 41.9 Å². The quantitative estimate of drug-likeness (QED) is 0.417. The van der Waals surface area contributed by atoms with Crippen molar-refractivity contribution in [1.82, 2.24) is 15.5 Å². The number of aryl methyl sites for hydroxylation is 3. The topological polar surface area (TPSA) is 106 Å². The second kappa shape index (κ2) is 11.4. The van der Waals surface area contributed by atoms with Gasteiger partial charge in [0.2, 0.25) is 17.7 Å². The molecular weight excluding hydrogens is 452 g/mol. The van der Waals surface area contributed by atoms with Crippen molar-refractivity contribution < 1.29 is 18.7 Å². The summed E-state index contributed by atoms with van der Waals surface area (Å²) in [5.74, 6) is 0.536. The number of carbonyl (C=O) groups excluding carboxylic acids is 2. The zero-order valence-corrected chi connectivity index (χ0v) is 20.4. The molecule has 1 aliphatic carbocycles. The highest BCUT2D eigenvalue weighted by molar-refractivity contribution is 7.17. The molecule has 3 aromatic rings. The molecular formula is C25H30N4O4S. The maximum atomic E-state index is 13.0. The van der Waals surface area contributed by atoms with E-state index in [2.05, 4.69) is 20.8 Å². The molecule has 2 amide bonds. The summed E-state index contributed by atoms with van der Waals surface area (Å²) >= 11 is 1.52. The van der Waals surface area contributed by atoms with E-state index in [4.69, 9.17) is 9.15 Å². The van der Waals surface area contributed by atoms with Crippen LogP contribution in [0, 0.1) is 6.92 Å². The summed E-state index contributed by atoms with van der Waals surface area (Å²) < 4.78 is 10.8. The zero-order valence-electron chi connectivity index (χ0n) is 19.6. The summed E-state index contributed by atoms with van der Waals surface area (Å²) in [5, 5.41) is 14.7. The van der Waals surface area contributed by atoms with Gasteiger partial charge in [0.25, 0.3) is 5.91 Å². The Kier molecular flexibility index (Phi) is 8.08. The maximum absolute atomic E-state index is 13.0. The minimum Gasteiger partial charge on any atom is -0.421 e. The SMILES string of the molecule is COCCCNC(=O)c1c(NC(=O)CCc2nnc(-c3ccc(C)cc3)o2)sc2c1CCCC2. The number of nitrogens with one attached hydrogen (secondary N) is 2. The normalized spacial score (nSPS) is 12.9. The average molecular weight is 483 g/mol. The molecule has 34 heavy (non-hydrogen) atoms. The number of nitrogens with zero attached hydrogens (tertiary/aromatic N) is 2. The first kappa shape index (κ1) is 24.1. The number of benzene rings is 1. The summed E-state index contributed by atoms with van der Waals surface area (Å²) in [6.45, 7) is 3.14. The molecule has 0 bridgehead atoms. The lowest BCUT2D eigenvalue weighted by atomic mass is 9.95. The van der Waals surface area contributed by atoms with Gasteiger partial charge in [0, 0.05) is 43.5 Å². The van der Waals surface area contributed by atoms with Gasteiger partial charge in [0.05, 0.1) is 5.56 Å². The number of thiophene rings is 1. The lowest BCUT2D eigenvalue weighted by Crippen LogP contribution is -2.27. The molecule has 180 valence electrons. The van der Waals surface area contributed by atoms with Gasteiger partial charge in [-0.3, -0.25) is 9.59 Å². The van der Waals surface area contributed by atoms with E-state index in [1.165, 1.54) is 16.2 Å². The molecule has 0 aliphatic heterocycles. The van der Waals surface area contributed by atoms with Gasteiger partial charge >= 0.3 is 0 Å². The number of fused-ring (bicyclic) bond motifs is 1. The lowest BCUT2D eigenvalue weighted by Gasteiger charge is -2.13. The fourth-order valence-electron chi connectivity index (χ4n) is 3.98. The molecule has 0 unspecified atom stereocenters. The summed E-state index contributed by atoms with van der Waals surface area (Å²) in [4.78, 5) is 26.9. The molecule has 2 N–H and O–H groups in total. The van der Waals surface area contributed by atoms with Crippen molar-refractivity contribution in [3.8, 4) is 11.5 Å². The van der Waals surface area contributed by atoms with Crippen LogP contribution in [0.3, 0.4) is 0 Å². The van der Waals surface area contributed by atoms with Crippen LogP contribution >= 0.6 is 11.3 Å². The zero-order chi connectivity index (χ0) is 23.9. The minimum atomic E-state index is -0.179. The van der Waals surface area contributed by atoms with E-state index in [1.807, 2.05) is 31.2 Å². The molecule has 4 rings (SSSR count). The molecule has 0 atom stereocenters. The third-order valence-corrected chi connectivity index (χ3v) is 7.00. The standard InChI is InChI=1S/C25H30N4O4S/c1-16-8-10-17(11-9-16)24-29-28-21(33-24)13-12-20(30)27-25-22(23(31)26-14-5-15-32-2)18-6-3-4-7-19(18)34-25/h8-11H,3-7,12-15H2,1-2H3,(H,26,31)(H,27,30). The third-order valence-electron chi connectivity index (χ3n) is 5.79. The molecule has 1 aromatic carbocycles. The number of hydrogen-bond acceptors (Lipinski definition) is 7. The van der Waals surface area contributed by atoms with E-state index < -0.39 is 0 Å². The number of anilines is 1. The van der Waals surface area contributed by atoms with Gasteiger partial charge in [-0.15, -0.1) is 21.5 Å². The summed E-state index contributed by atoms with van der Waals surface area (Å²) in [5.41, 5.74) is 3.69. The Labute approximate surface area is 203 Å². The van der Waals surface area contributed by atoms with Gasteiger partial charge in [-0.1, -0.05) is 17.7 Å². The molecule has 0 fully saturated rings. The Morgan fingerprint density at radius 1 is 1.15 bits per heavy atom. The fourth-order valence-corrected chi connectivity index (χ4v) is 5.28. The molecule has 2 aromatic heterocycles. The summed E-state index contributed by atoms with van der Waals surface area (Å²) in [7, 11) is 1.64. The Morgan fingerprint density at radius 2 is 1.94 bits per heavy atom. The fraction of sp³-hybridized carbons (Fsp3) is 0.440. The molecule has 0 saturated carbocycles. The molecule has 0 radical (unpaired) electrons. The molecule has 8 nitrogen and oxygen atoms in total. The van der Waals surface area contributed by atoms with E-state index in [-0.39, 0.29) is 18.2 Å². The van der Waals surface area contributed by atoms with Crippen molar-refractivity contribution in [3.63, 3.8) is 0 Å². The van der Waals surface area contributed by atoms with Crippen molar-refractivity contribution >= 4 is 28.2 Å². The Balaban J connectivity index is 1.39. The molecule has 0 spiro atoms. The van der Waals surface area contributed by atoms with Crippen molar-refractivity contribution in [2.75, 3.05) is 25.6 Å². The number of ether oxygens (including phenoxy) is 1. The lowest BCUT2D eigenvalue weighted by molar-refractivity contribution is -0.116. The smallest absolute Gasteiger partial charge is 0.254 e. The van der Waals surface area contributed by atoms with Gasteiger partial charge in [-0.25, -0.2) is 0 Å². The van der Waals surface area contributed by atoms with Crippen molar-refractivity contribution in [1.29, 1.82) is 0 Å². The first-order valence-corrected chi connectivity index (χ1v) is 12.5. The van der Waals surface area contributed by atoms with Crippen LogP contribution in [0.1, 0.15) is 57.9 Å². The number of amides is 2. The van der Waals surface area contributed by atoms with Crippen LogP contribution in [0.5, 0.6) is 0 Å². The predicted octanol–water partition coefficient (Wildman–Crippen LogP) is 4.32. The van der Waals surface area contributed by atoms with Gasteiger partial charge in [0.1, 0.15) is 5.00 Å². The second-order valence-corrected chi connectivity index (χ2v) is 9.54. The maximum Gasteiger partial charge on any atom is 0.254 e. The van der Waals surface area contributed by atoms with Gasteiger partial charge in [0.15, 0.2) is 0 Å². The van der Waals surface area contributed by atoms with Crippen LogP contribution in [-0.2, 0) is 28.8 Å². The van der Waals surface area contributed by atoms with Crippen LogP contribution < -0.4 is 10.6 Å². The van der Waals surface area contributed by atoms with Gasteiger partial charge < -0.3 is 19.8 Å². The average Bonchev–Trinajstić information content (AvgIpc) is 3.45. The minimum absolute atomic E-state index is 0.134. The molecule has 0 saturated heterocycles. The van der Waals surface area contributed by atoms with Crippen LogP contribution in [0.15, 0.2) is 28.7 Å². The van der Waals surface area contributed by atoms with Gasteiger partial charge in [-0.2, -0.15) is 0 Å². The van der Waals surface area contributed by atoms with Crippen LogP contribution in [0.2, 0.25) is 0 Å². The highest BCUT2D eigenvalue weighted by atomic mass is 32.1. The van der Waals surface area contributed by atoms with Gasteiger partial charge in [-0.05, 0) is 56.7 Å². The first-order valence-electron chi connectivity index (χ1n) is 11.7. The third kappa shape index (κ3) is 5.90. The van der Waals surface area contributed by atoms with Crippen LogP contribution in [0.4, 0.5) is 5.00 Å². The number of methoxy groups -OCH3 is 1. The first-order chi connectivity index (χ1) is 16.5. The van der Waals surface area contributed by atoms with Crippen molar-refractivity contribution in [2.24, 2.45) is 0 Å². The number of carbonyl (C=O) groups is 2. The number of hydrogen-bond donors (Lipinski definition) is 2. The Morgan fingerprint density at radius 3 is 2.74 bits per heavy atom. The Bertz CT molecular complexity index is 1140. The summed E-state index contributed by atoms with van der Waals surface area (Å²) in [6.07, 6.45) is 5.24. The highest BCUT2D eigenvalue weighted by Crippen LogP contribution is 2.38. The van der Waals surface area contributed by atoms with E-state index in [0.717, 1.165) is 48.8 Å². The van der Waals surface area contributed by atoms with Crippen LogP contribution in [0.25, 0.3) is 11.5 Å². The largest absolute Gasteiger partial charge is 0.421 e. The van der Waals surface area contributed by atoms with Crippen molar-refractivity contribution in [2.45, 2.75) is 51.9 Å². The molecule has 1 aliphatic rings. The molecule has 2 heterocycles. The second-order valence-electron chi connectivity index (χ2n) is 8.43. The molecule has 9 heteroatoms. The number of rotatable bonds is 10. The van der Waals surface area contributed by atoms with Crippen molar-refractivity contribution in [3.05, 3.63) is 51.7 Å². The summed E-state index contributed by atoms with van der Waals surface area (Å²) in [6, 6.07) is 7.83. The monoisotopic (exact) mass is 482 g/mol. The van der Waals surface area contributed by atoms with E-state index in [1.54, 1.807) is 7.11 Å². The van der Waals surface area contributed by atoms with E-state index in [9.17, 15) is 9.59 Å². The Hall–Kier alpha value is -3.04. The highest BCUT2D eigenvalue weighted by Gasteiger charge is 2.26. The van der Waals surface area contributed by atoms with E-state index >= 15 is 0 Å². The predicted molar refractivity (Wildman–Crippen MR) is 131 cm³/mol. The van der Waals surface area contributed by atoms with Crippen LogP contribution in [-0.4, -0.2) is 42.3 Å².